The van der Waals surface area contributed by atoms with Gasteiger partial charge in [0.2, 0.25) is 5.13 Å². The third-order valence-corrected chi connectivity index (χ3v) is 2.74. The van der Waals surface area contributed by atoms with E-state index in [9.17, 15) is 0 Å². The van der Waals surface area contributed by atoms with Crippen molar-refractivity contribution >= 4 is 16.7 Å². The van der Waals surface area contributed by atoms with Gasteiger partial charge in [-0.1, -0.05) is 0 Å². The molecule has 0 fully saturated rings. The lowest BCUT2D eigenvalue weighted by Gasteiger charge is -2.11. The first-order chi connectivity index (χ1) is 7.27. The molecule has 82 valence electrons. The number of anilines is 1. The molecule has 0 bridgehead atoms. The van der Waals surface area contributed by atoms with Crippen molar-refractivity contribution in [1.29, 1.82) is 5.26 Å². The average molecular weight is 226 g/mol. The fraction of sp³-hybridized carbons (Fsp3) is 0.667. The van der Waals surface area contributed by atoms with Gasteiger partial charge in [-0.3, -0.25) is 0 Å². The molecule has 0 atom stereocenters. The minimum atomic E-state index is 0.503. The van der Waals surface area contributed by atoms with Gasteiger partial charge in [0.15, 0.2) is 0 Å². The molecular weight excluding hydrogens is 212 g/mol. The van der Waals surface area contributed by atoms with E-state index < -0.39 is 0 Å². The Hall–Kier alpha value is -1.19. The van der Waals surface area contributed by atoms with Crippen LogP contribution in [0.4, 0.5) is 5.13 Å². The predicted octanol–water partition coefficient (Wildman–Crippen LogP) is 1.08. The Morgan fingerprint density at radius 2 is 2.40 bits per heavy atom. The van der Waals surface area contributed by atoms with Gasteiger partial charge in [-0.15, -0.1) is 0 Å². The van der Waals surface area contributed by atoms with Crippen LogP contribution >= 0.6 is 11.5 Å². The monoisotopic (exact) mass is 226 g/mol. The van der Waals surface area contributed by atoms with Crippen LogP contribution in [-0.4, -0.2) is 36.7 Å². The largest absolute Gasteiger partial charge is 0.384 e. The van der Waals surface area contributed by atoms with Crippen molar-refractivity contribution in [1.82, 2.24) is 9.36 Å². The summed E-state index contributed by atoms with van der Waals surface area (Å²) in [5, 5.41) is 9.32. The maximum absolute atomic E-state index is 8.46. The van der Waals surface area contributed by atoms with E-state index in [1.807, 2.05) is 11.9 Å². The van der Waals surface area contributed by atoms with Crippen LogP contribution in [0.25, 0.3) is 0 Å². The van der Waals surface area contributed by atoms with E-state index in [1.165, 1.54) is 11.5 Å². The molecule has 1 aromatic heterocycles. The molecule has 1 heterocycles. The Morgan fingerprint density at radius 1 is 1.60 bits per heavy atom. The molecule has 0 aliphatic rings. The first-order valence-electron chi connectivity index (χ1n) is 4.67. The van der Waals surface area contributed by atoms with Gasteiger partial charge in [-0.25, -0.2) is 4.98 Å². The van der Waals surface area contributed by atoms with Crippen LogP contribution in [0.5, 0.6) is 0 Å². The molecule has 15 heavy (non-hydrogen) atoms. The summed E-state index contributed by atoms with van der Waals surface area (Å²) in [6, 6.07) is 2.10. The highest BCUT2D eigenvalue weighted by molar-refractivity contribution is 7.09. The minimum absolute atomic E-state index is 0.503. The maximum atomic E-state index is 8.46. The van der Waals surface area contributed by atoms with Crippen molar-refractivity contribution in [3.05, 3.63) is 5.82 Å². The summed E-state index contributed by atoms with van der Waals surface area (Å²) in [7, 11) is 3.57. The molecule has 6 heteroatoms. The molecule has 0 unspecified atom stereocenters. The standard InChI is InChI=1S/C9H14N4OS/c1-13(6-3-5-10)9-11-8(12-15-9)4-7-14-2/h3-4,6-7H2,1-2H3. The van der Waals surface area contributed by atoms with Crippen LogP contribution < -0.4 is 4.90 Å². The van der Waals surface area contributed by atoms with Crippen LogP contribution in [0.2, 0.25) is 0 Å². The summed E-state index contributed by atoms with van der Waals surface area (Å²) in [6.45, 7) is 1.33. The van der Waals surface area contributed by atoms with Crippen molar-refractivity contribution in [3.63, 3.8) is 0 Å². The number of ether oxygens (including phenoxy) is 1. The van der Waals surface area contributed by atoms with E-state index >= 15 is 0 Å². The van der Waals surface area contributed by atoms with Crippen molar-refractivity contribution in [2.75, 3.05) is 32.2 Å². The summed E-state index contributed by atoms with van der Waals surface area (Å²) >= 11 is 1.36. The summed E-state index contributed by atoms with van der Waals surface area (Å²) in [4.78, 5) is 6.29. The third-order valence-electron chi connectivity index (χ3n) is 1.87. The molecule has 1 rings (SSSR count). The second kappa shape index (κ2) is 6.32. The third kappa shape index (κ3) is 3.81. The van der Waals surface area contributed by atoms with E-state index in [2.05, 4.69) is 15.4 Å². The van der Waals surface area contributed by atoms with Crippen LogP contribution in [0.15, 0.2) is 0 Å². The molecule has 0 saturated carbocycles. The van der Waals surface area contributed by atoms with E-state index in [0.29, 0.717) is 19.6 Å². The van der Waals surface area contributed by atoms with Gasteiger partial charge in [0.25, 0.3) is 0 Å². The maximum Gasteiger partial charge on any atom is 0.204 e. The number of rotatable bonds is 6. The van der Waals surface area contributed by atoms with Crippen molar-refractivity contribution in [2.24, 2.45) is 0 Å². The van der Waals surface area contributed by atoms with Crippen LogP contribution in [0.1, 0.15) is 12.2 Å². The highest BCUT2D eigenvalue weighted by atomic mass is 32.1. The van der Waals surface area contributed by atoms with Gasteiger partial charge in [0.1, 0.15) is 5.82 Å². The van der Waals surface area contributed by atoms with Gasteiger partial charge in [-0.05, 0) is 0 Å². The molecule has 0 N–H and O–H groups in total. The molecule has 0 aromatic carbocycles. The lowest BCUT2D eigenvalue weighted by molar-refractivity contribution is 0.201. The number of hydrogen-bond donors (Lipinski definition) is 0. The summed E-state index contributed by atoms with van der Waals surface area (Å²) in [5.74, 6) is 0.806. The molecule has 0 spiro atoms. The van der Waals surface area contributed by atoms with Gasteiger partial charge in [0, 0.05) is 38.7 Å². The second-order valence-corrected chi connectivity index (χ2v) is 3.80. The van der Waals surface area contributed by atoms with E-state index in [-0.39, 0.29) is 0 Å². The molecule has 0 saturated heterocycles. The van der Waals surface area contributed by atoms with Crippen LogP contribution in [0, 0.1) is 11.3 Å². The SMILES string of the molecule is COCCc1nsc(N(C)CCC#N)n1. The molecule has 0 radical (unpaired) electrons. The van der Waals surface area contributed by atoms with Crippen molar-refractivity contribution in [3.8, 4) is 6.07 Å². The Morgan fingerprint density at radius 3 is 3.07 bits per heavy atom. The highest BCUT2D eigenvalue weighted by Gasteiger charge is 2.07. The van der Waals surface area contributed by atoms with Gasteiger partial charge in [0.05, 0.1) is 19.1 Å². The van der Waals surface area contributed by atoms with Crippen LogP contribution in [-0.2, 0) is 11.2 Å². The van der Waals surface area contributed by atoms with E-state index in [1.54, 1.807) is 7.11 Å². The number of nitrogens with zero attached hydrogens (tertiary/aromatic N) is 4. The molecule has 0 aliphatic heterocycles. The van der Waals surface area contributed by atoms with E-state index in [4.69, 9.17) is 10.00 Å². The molecule has 5 nitrogen and oxygen atoms in total. The highest BCUT2D eigenvalue weighted by Crippen LogP contribution is 2.15. The molecule has 0 aliphatic carbocycles. The fourth-order valence-electron chi connectivity index (χ4n) is 1.01. The van der Waals surface area contributed by atoms with E-state index in [0.717, 1.165) is 17.4 Å². The summed E-state index contributed by atoms with van der Waals surface area (Å²) < 4.78 is 9.16. The lowest BCUT2D eigenvalue weighted by atomic mass is 10.4. The Kier molecular flexibility index (Phi) is 5.01. The second-order valence-electron chi connectivity index (χ2n) is 3.07. The average Bonchev–Trinajstić information content (AvgIpc) is 2.71. The zero-order chi connectivity index (χ0) is 11.1. The first-order valence-corrected chi connectivity index (χ1v) is 5.45. The molecular formula is C9H14N4OS. The zero-order valence-corrected chi connectivity index (χ0v) is 9.75. The topological polar surface area (TPSA) is 62.0 Å². The lowest BCUT2D eigenvalue weighted by Crippen LogP contribution is -2.17. The van der Waals surface area contributed by atoms with Crippen LogP contribution in [0.3, 0.4) is 0 Å². The molecule has 0 amide bonds. The van der Waals surface area contributed by atoms with Gasteiger partial charge >= 0.3 is 0 Å². The summed E-state index contributed by atoms with van der Waals surface area (Å²) in [6.07, 6.45) is 1.24. The van der Waals surface area contributed by atoms with Crippen molar-refractivity contribution < 1.29 is 4.74 Å². The normalized spacial score (nSPS) is 9.93. The number of hydrogen-bond acceptors (Lipinski definition) is 6. The Balaban J connectivity index is 2.48. The quantitative estimate of drug-likeness (QED) is 0.726. The summed E-state index contributed by atoms with van der Waals surface area (Å²) in [5.41, 5.74) is 0. The number of aromatic nitrogens is 2. The predicted molar refractivity (Wildman–Crippen MR) is 59.0 cm³/mol. The number of methoxy groups -OCH3 is 1. The zero-order valence-electron chi connectivity index (χ0n) is 8.93. The molecule has 1 aromatic rings. The smallest absolute Gasteiger partial charge is 0.204 e. The van der Waals surface area contributed by atoms with Crippen molar-refractivity contribution in [2.45, 2.75) is 12.8 Å². The first kappa shape index (κ1) is 11.9. The number of nitriles is 1. The minimum Gasteiger partial charge on any atom is -0.384 e. The van der Waals surface area contributed by atoms with Gasteiger partial charge < -0.3 is 9.64 Å². The fourth-order valence-corrected chi connectivity index (χ4v) is 1.70. The Labute approximate surface area is 93.5 Å². The van der Waals surface area contributed by atoms with Gasteiger partial charge in [-0.2, -0.15) is 9.64 Å². The Bertz CT molecular complexity index is 333.